The van der Waals surface area contributed by atoms with E-state index in [1.165, 1.54) is 5.56 Å². The van der Waals surface area contributed by atoms with Gasteiger partial charge < -0.3 is 20.0 Å². The van der Waals surface area contributed by atoms with Crippen molar-refractivity contribution in [2.75, 3.05) is 50.0 Å². The molecule has 7 heteroatoms. The van der Waals surface area contributed by atoms with Gasteiger partial charge in [0, 0.05) is 56.0 Å². The van der Waals surface area contributed by atoms with E-state index in [-0.39, 0.29) is 6.03 Å². The Morgan fingerprint density at radius 1 is 0.941 bits per heavy atom. The number of hydrogen-bond acceptors (Lipinski definition) is 5. The van der Waals surface area contributed by atoms with Crippen molar-refractivity contribution in [2.24, 2.45) is 0 Å². The molecule has 3 aromatic rings. The topological polar surface area (TPSA) is 64.6 Å². The van der Waals surface area contributed by atoms with Crippen LogP contribution in [-0.2, 0) is 13.0 Å². The zero-order chi connectivity index (χ0) is 23.7. The average molecular weight is 457 g/mol. The molecule has 0 spiro atoms. The Labute approximate surface area is 201 Å². The van der Waals surface area contributed by atoms with Gasteiger partial charge in [0.2, 0.25) is 0 Å². The molecule has 2 amide bonds. The van der Waals surface area contributed by atoms with Crippen molar-refractivity contribution in [2.45, 2.75) is 26.8 Å². The third-order valence-corrected chi connectivity index (χ3v) is 6.78. The minimum Gasteiger partial charge on any atom is -0.354 e. The van der Waals surface area contributed by atoms with Gasteiger partial charge in [-0.2, -0.15) is 0 Å². The zero-order valence-corrected chi connectivity index (χ0v) is 20.2. The predicted molar refractivity (Wildman–Crippen MR) is 136 cm³/mol. The maximum atomic E-state index is 13.2. The van der Waals surface area contributed by atoms with Crippen LogP contribution in [0.3, 0.4) is 0 Å². The van der Waals surface area contributed by atoms with E-state index >= 15 is 0 Å². The van der Waals surface area contributed by atoms with Gasteiger partial charge in [-0.15, -0.1) is 0 Å². The second-order valence-corrected chi connectivity index (χ2v) is 9.37. The highest BCUT2D eigenvalue weighted by Gasteiger charge is 2.29. The number of anilines is 2. The van der Waals surface area contributed by atoms with Crippen molar-refractivity contribution < 1.29 is 4.79 Å². The van der Waals surface area contributed by atoms with Crippen molar-refractivity contribution in [3.05, 3.63) is 70.9 Å². The molecule has 3 heterocycles. The van der Waals surface area contributed by atoms with Gasteiger partial charge in [-0.05, 0) is 32.5 Å². The highest BCUT2D eigenvalue weighted by Crippen LogP contribution is 2.30. The molecule has 176 valence electrons. The second kappa shape index (κ2) is 9.43. The lowest BCUT2D eigenvalue weighted by molar-refractivity contribution is 0.206. The van der Waals surface area contributed by atoms with Crippen molar-refractivity contribution in [3.63, 3.8) is 0 Å². The fourth-order valence-corrected chi connectivity index (χ4v) is 4.71. The van der Waals surface area contributed by atoms with Crippen LogP contribution in [0.1, 0.15) is 22.4 Å². The van der Waals surface area contributed by atoms with Crippen LogP contribution >= 0.6 is 0 Å². The first-order chi connectivity index (χ1) is 16.5. The van der Waals surface area contributed by atoms with Gasteiger partial charge >= 0.3 is 6.03 Å². The molecule has 0 aliphatic carbocycles. The van der Waals surface area contributed by atoms with Crippen molar-refractivity contribution in [1.29, 1.82) is 0 Å². The van der Waals surface area contributed by atoms with Gasteiger partial charge in [0.1, 0.15) is 5.82 Å². The SMILES string of the molecule is Cc1ccc(NC(=O)N2CCc3nc(-c4ccccc4)nc(N4CCN(C)CC4)c3C2)c(C)c1. The monoisotopic (exact) mass is 456 g/mol. The van der Waals surface area contributed by atoms with Crippen LogP contribution < -0.4 is 10.2 Å². The number of urea groups is 1. The molecule has 0 saturated carbocycles. The van der Waals surface area contributed by atoms with Gasteiger partial charge in [0.15, 0.2) is 5.82 Å². The van der Waals surface area contributed by atoms with E-state index in [1.807, 2.05) is 42.2 Å². The van der Waals surface area contributed by atoms with Crippen LogP contribution in [0, 0.1) is 13.8 Å². The van der Waals surface area contributed by atoms with Crippen LogP contribution in [0.4, 0.5) is 16.3 Å². The first-order valence-electron chi connectivity index (χ1n) is 12.0. The molecule has 0 radical (unpaired) electrons. The minimum absolute atomic E-state index is 0.0749. The predicted octanol–water partition coefficient (Wildman–Crippen LogP) is 4.10. The smallest absolute Gasteiger partial charge is 0.322 e. The molecule has 0 atom stereocenters. The highest BCUT2D eigenvalue weighted by atomic mass is 16.2. The largest absolute Gasteiger partial charge is 0.354 e. The molecule has 2 aliphatic rings. The average Bonchev–Trinajstić information content (AvgIpc) is 2.86. The van der Waals surface area contributed by atoms with E-state index < -0.39 is 0 Å². The number of piperazine rings is 1. The molecule has 2 aromatic carbocycles. The van der Waals surface area contributed by atoms with E-state index in [0.29, 0.717) is 13.1 Å². The van der Waals surface area contributed by atoms with E-state index in [9.17, 15) is 4.79 Å². The lowest BCUT2D eigenvalue weighted by Gasteiger charge is -2.37. The number of carbonyl (C=O) groups excluding carboxylic acids is 1. The lowest BCUT2D eigenvalue weighted by atomic mass is 10.0. The Bertz CT molecular complexity index is 1190. The Morgan fingerprint density at radius 2 is 1.71 bits per heavy atom. The number of aromatic nitrogens is 2. The van der Waals surface area contributed by atoms with Gasteiger partial charge in [-0.25, -0.2) is 14.8 Å². The highest BCUT2D eigenvalue weighted by molar-refractivity contribution is 5.90. The normalized spacial score (nSPS) is 16.3. The molecule has 0 bridgehead atoms. The Hall–Kier alpha value is -3.45. The van der Waals surface area contributed by atoms with Crippen molar-refractivity contribution in [1.82, 2.24) is 19.8 Å². The van der Waals surface area contributed by atoms with Gasteiger partial charge in [-0.1, -0.05) is 48.0 Å². The lowest BCUT2D eigenvalue weighted by Crippen LogP contribution is -2.46. The number of rotatable bonds is 3. The third-order valence-electron chi connectivity index (χ3n) is 6.78. The van der Waals surface area contributed by atoms with Crippen molar-refractivity contribution >= 4 is 17.5 Å². The van der Waals surface area contributed by atoms with Gasteiger partial charge in [0.05, 0.1) is 12.2 Å². The number of nitrogens with zero attached hydrogens (tertiary/aromatic N) is 5. The number of amides is 2. The molecule has 5 rings (SSSR count). The molecule has 1 aromatic heterocycles. The zero-order valence-electron chi connectivity index (χ0n) is 20.2. The van der Waals surface area contributed by atoms with Crippen LogP contribution in [0.2, 0.25) is 0 Å². The van der Waals surface area contributed by atoms with Crippen LogP contribution in [0.25, 0.3) is 11.4 Å². The first kappa shape index (κ1) is 22.3. The summed E-state index contributed by atoms with van der Waals surface area (Å²) in [6.07, 6.45) is 0.721. The maximum absolute atomic E-state index is 13.2. The van der Waals surface area contributed by atoms with Crippen LogP contribution in [-0.4, -0.2) is 65.6 Å². The summed E-state index contributed by atoms with van der Waals surface area (Å²) in [5.74, 6) is 1.74. The number of fused-ring (bicyclic) bond motifs is 1. The van der Waals surface area contributed by atoms with E-state index in [4.69, 9.17) is 9.97 Å². The van der Waals surface area contributed by atoms with Crippen LogP contribution in [0.5, 0.6) is 0 Å². The molecule has 34 heavy (non-hydrogen) atoms. The number of likely N-dealkylation sites (N-methyl/N-ethyl adjacent to an activating group) is 1. The Balaban J connectivity index is 1.45. The fourth-order valence-electron chi connectivity index (χ4n) is 4.71. The summed E-state index contributed by atoms with van der Waals surface area (Å²) in [5, 5.41) is 3.11. The Morgan fingerprint density at radius 3 is 2.44 bits per heavy atom. The number of carbonyl (C=O) groups is 1. The summed E-state index contributed by atoms with van der Waals surface area (Å²) >= 11 is 0. The summed E-state index contributed by atoms with van der Waals surface area (Å²) in [5.41, 5.74) is 6.27. The van der Waals surface area contributed by atoms with E-state index in [2.05, 4.69) is 47.3 Å². The summed E-state index contributed by atoms with van der Waals surface area (Å²) in [6, 6.07) is 16.2. The molecule has 2 aliphatic heterocycles. The van der Waals surface area contributed by atoms with E-state index in [1.54, 1.807) is 0 Å². The Kier molecular flexibility index (Phi) is 6.20. The molecular weight excluding hydrogens is 424 g/mol. The number of aryl methyl sites for hydroxylation is 2. The molecule has 7 nitrogen and oxygen atoms in total. The van der Waals surface area contributed by atoms with Crippen LogP contribution in [0.15, 0.2) is 48.5 Å². The summed E-state index contributed by atoms with van der Waals surface area (Å²) in [7, 11) is 2.15. The molecule has 1 saturated heterocycles. The molecule has 1 N–H and O–H groups in total. The maximum Gasteiger partial charge on any atom is 0.322 e. The summed E-state index contributed by atoms with van der Waals surface area (Å²) in [4.78, 5) is 29.8. The standard InChI is InChI=1S/C27H32N6O/c1-19-9-10-23(20(2)17-19)29-27(34)33-12-11-24-22(18-33)26(32-15-13-31(3)14-16-32)30-25(28-24)21-7-5-4-6-8-21/h4-10,17H,11-16,18H2,1-3H3,(H,29,34). The summed E-state index contributed by atoms with van der Waals surface area (Å²) < 4.78 is 0. The first-order valence-corrected chi connectivity index (χ1v) is 12.0. The third kappa shape index (κ3) is 4.61. The van der Waals surface area contributed by atoms with E-state index in [0.717, 1.165) is 72.3 Å². The van der Waals surface area contributed by atoms with Gasteiger partial charge in [-0.3, -0.25) is 0 Å². The van der Waals surface area contributed by atoms with Gasteiger partial charge in [0.25, 0.3) is 0 Å². The van der Waals surface area contributed by atoms with Crippen molar-refractivity contribution in [3.8, 4) is 11.4 Å². The molecule has 0 unspecified atom stereocenters. The fraction of sp³-hybridized carbons (Fsp3) is 0.370. The molecular formula is C27H32N6O. The summed E-state index contributed by atoms with van der Waals surface area (Å²) in [6.45, 7) is 9.07. The minimum atomic E-state index is -0.0749. The number of benzene rings is 2. The number of nitrogens with one attached hydrogen (secondary N) is 1. The molecule has 1 fully saturated rings. The quantitative estimate of drug-likeness (QED) is 0.643. The second-order valence-electron chi connectivity index (χ2n) is 9.37. The number of hydrogen-bond donors (Lipinski definition) is 1.